The van der Waals surface area contributed by atoms with Crippen LogP contribution in [0.5, 0.6) is 5.75 Å². The molecule has 1 unspecified atom stereocenters. The average Bonchev–Trinajstić information content (AvgIpc) is 3.18. The number of nitrogens with one attached hydrogen (secondary N) is 1. The van der Waals surface area contributed by atoms with Crippen LogP contribution in [0, 0.1) is 12.8 Å². The van der Waals surface area contributed by atoms with E-state index in [0.29, 0.717) is 23.7 Å². The van der Waals surface area contributed by atoms with Crippen LogP contribution in [-0.4, -0.2) is 26.2 Å². The van der Waals surface area contributed by atoms with Gasteiger partial charge in [0.15, 0.2) is 0 Å². The lowest BCUT2D eigenvalue weighted by Crippen LogP contribution is -2.41. The molecule has 2 N–H and O–H groups in total. The minimum Gasteiger partial charge on any atom is -0.493 e. The van der Waals surface area contributed by atoms with Gasteiger partial charge >= 0.3 is 0 Å². The molecule has 0 amide bonds. The highest BCUT2D eigenvalue weighted by atomic mass is 32.2. The lowest BCUT2D eigenvalue weighted by atomic mass is 9.75. The van der Waals surface area contributed by atoms with Crippen molar-refractivity contribution >= 4 is 21.4 Å². The topological polar surface area (TPSA) is 75.6 Å². The first-order valence-corrected chi connectivity index (χ1v) is 10.7. The van der Waals surface area contributed by atoms with Gasteiger partial charge in [-0.15, -0.1) is 11.3 Å². The van der Waals surface area contributed by atoms with Crippen molar-refractivity contribution in [3.63, 3.8) is 0 Å². The smallest absolute Gasteiger partial charge is 0.250 e. The van der Waals surface area contributed by atoms with Gasteiger partial charge in [0.25, 0.3) is 10.0 Å². The van der Waals surface area contributed by atoms with Crippen LogP contribution >= 0.6 is 11.3 Å². The minimum atomic E-state index is -3.58. The molecule has 2 aliphatic rings. The van der Waals surface area contributed by atoms with Gasteiger partial charge in [-0.05, 0) is 55.0 Å². The molecule has 1 aliphatic carbocycles. The van der Waals surface area contributed by atoms with Gasteiger partial charge in [-0.1, -0.05) is 12.1 Å². The van der Waals surface area contributed by atoms with Crippen molar-refractivity contribution in [1.82, 2.24) is 4.72 Å². The Bertz CT molecular complexity index is 884. The Labute approximate surface area is 151 Å². The third-order valence-electron chi connectivity index (χ3n) is 4.96. The monoisotopic (exact) mass is 379 g/mol. The molecule has 1 aliphatic heterocycles. The maximum atomic E-state index is 12.8. The van der Waals surface area contributed by atoms with E-state index in [9.17, 15) is 13.5 Å². The quantitative estimate of drug-likeness (QED) is 0.838. The fourth-order valence-electron chi connectivity index (χ4n) is 3.52. The molecular formula is C18H21NO4S2. The van der Waals surface area contributed by atoms with Gasteiger partial charge in [-0.3, -0.25) is 0 Å². The van der Waals surface area contributed by atoms with Gasteiger partial charge in [-0.2, -0.15) is 0 Å². The summed E-state index contributed by atoms with van der Waals surface area (Å²) in [5.74, 6) is 0.985. The van der Waals surface area contributed by atoms with Crippen molar-refractivity contribution in [3.05, 3.63) is 46.3 Å². The molecule has 134 valence electrons. The van der Waals surface area contributed by atoms with Crippen molar-refractivity contribution in [3.8, 4) is 5.75 Å². The molecule has 1 fully saturated rings. The lowest BCUT2D eigenvalue weighted by Gasteiger charge is -2.38. The van der Waals surface area contributed by atoms with E-state index in [-0.39, 0.29) is 18.1 Å². The van der Waals surface area contributed by atoms with Gasteiger partial charge in [0.1, 0.15) is 9.96 Å². The molecular weight excluding hydrogens is 358 g/mol. The minimum absolute atomic E-state index is 0.103. The van der Waals surface area contributed by atoms with Gasteiger partial charge in [0, 0.05) is 11.3 Å². The number of aliphatic hydroxyl groups is 1. The van der Waals surface area contributed by atoms with Crippen LogP contribution in [0.2, 0.25) is 0 Å². The first kappa shape index (κ1) is 17.0. The van der Waals surface area contributed by atoms with Gasteiger partial charge in [0.05, 0.1) is 18.8 Å². The number of ether oxygens (including phenoxy) is 1. The normalized spacial score (nSPS) is 23.6. The standard InChI is InChI=1S/C18H21NO4S2/c1-11-2-5-17(24-11)25(21,22)19-18(14-9-15(20)10-14)13-3-4-16-12(8-13)6-7-23-16/h2-5,8,14-15,18-20H,6-7,9-10H2,1H3. The summed E-state index contributed by atoms with van der Waals surface area (Å²) in [6, 6.07) is 9.02. The zero-order chi connectivity index (χ0) is 17.6. The predicted octanol–water partition coefficient (Wildman–Crippen LogP) is 2.78. The summed E-state index contributed by atoms with van der Waals surface area (Å²) in [6.07, 6.45) is 1.74. The number of hydrogen-bond donors (Lipinski definition) is 2. The Balaban J connectivity index is 1.65. The highest BCUT2D eigenvalue weighted by molar-refractivity contribution is 7.91. The molecule has 1 saturated carbocycles. The summed E-state index contributed by atoms with van der Waals surface area (Å²) in [7, 11) is -3.58. The van der Waals surface area contributed by atoms with E-state index in [2.05, 4.69) is 4.72 Å². The zero-order valence-corrected chi connectivity index (χ0v) is 15.6. The third-order valence-corrected chi connectivity index (χ3v) is 7.89. The number of benzene rings is 1. The number of aryl methyl sites for hydroxylation is 1. The van der Waals surface area contributed by atoms with Crippen LogP contribution < -0.4 is 9.46 Å². The average molecular weight is 380 g/mol. The van der Waals surface area contributed by atoms with Gasteiger partial charge < -0.3 is 9.84 Å². The SMILES string of the molecule is Cc1ccc(S(=O)(=O)NC(c2ccc3c(c2)CCO3)C2CC(O)C2)s1. The number of fused-ring (bicyclic) bond motifs is 1. The van der Waals surface area contributed by atoms with Gasteiger partial charge in [-0.25, -0.2) is 13.1 Å². The Morgan fingerprint density at radius 3 is 2.76 bits per heavy atom. The Morgan fingerprint density at radius 2 is 2.08 bits per heavy atom. The zero-order valence-electron chi connectivity index (χ0n) is 13.9. The van der Waals surface area contributed by atoms with Crippen LogP contribution in [0.3, 0.4) is 0 Å². The predicted molar refractivity (Wildman–Crippen MR) is 96.5 cm³/mol. The van der Waals surface area contributed by atoms with E-state index < -0.39 is 10.0 Å². The molecule has 2 aromatic rings. The molecule has 0 radical (unpaired) electrons. The van der Waals surface area contributed by atoms with Crippen molar-refractivity contribution in [2.75, 3.05) is 6.61 Å². The van der Waals surface area contributed by atoms with Crippen LogP contribution in [0.4, 0.5) is 0 Å². The number of sulfonamides is 1. The molecule has 1 aromatic carbocycles. The summed E-state index contributed by atoms with van der Waals surface area (Å²) in [4.78, 5) is 0.964. The van der Waals surface area contributed by atoms with Crippen molar-refractivity contribution in [1.29, 1.82) is 0 Å². The first-order chi connectivity index (χ1) is 11.9. The van der Waals surface area contributed by atoms with E-state index >= 15 is 0 Å². The fourth-order valence-corrected chi connectivity index (χ4v) is 6.11. The second-order valence-corrected chi connectivity index (χ2v) is 10.0. The maximum Gasteiger partial charge on any atom is 0.250 e. The van der Waals surface area contributed by atoms with Crippen molar-refractivity contribution in [2.24, 2.45) is 5.92 Å². The van der Waals surface area contributed by atoms with E-state index in [1.165, 1.54) is 11.3 Å². The highest BCUT2D eigenvalue weighted by Crippen LogP contribution is 2.40. The molecule has 1 aromatic heterocycles. The van der Waals surface area contributed by atoms with Crippen LogP contribution in [0.1, 0.15) is 34.9 Å². The Morgan fingerprint density at radius 1 is 1.28 bits per heavy atom. The summed E-state index contributed by atoms with van der Waals surface area (Å²) in [5.41, 5.74) is 2.06. The molecule has 5 nitrogen and oxygen atoms in total. The molecule has 25 heavy (non-hydrogen) atoms. The summed E-state index contributed by atoms with van der Waals surface area (Å²) in [6.45, 7) is 2.57. The first-order valence-electron chi connectivity index (χ1n) is 8.45. The van der Waals surface area contributed by atoms with Crippen LogP contribution in [0.15, 0.2) is 34.5 Å². The molecule has 4 rings (SSSR count). The third kappa shape index (κ3) is 3.33. The lowest BCUT2D eigenvalue weighted by molar-refractivity contribution is 0.0280. The van der Waals surface area contributed by atoms with Crippen LogP contribution in [0.25, 0.3) is 0 Å². The molecule has 1 atom stereocenters. The number of thiophene rings is 1. The fraction of sp³-hybridized carbons (Fsp3) is 0.444. The van der Waals surface area contributed by atoms with Crippen molar-refractivity contribution in [2.45, 2.75) is 42.5 Å². The summed E-state index contributed by atoms with van der Waals surface area (Å²) < 4.78 is 34.4. The van der Waals surface area contributed by atoms with E-state index in [1.807, 2.05) is 31.2 Å². The second kappa shape index (κ2) is 6.39. The van der Waals surface area contributed by atoms with E-state index in [0.717, 1.165) is 28.2 Å². The van der Waals surface area contributed by atoms with E-state index in [4.69, 9.17) is 4.74 Å². The van der Waals surface area contributed by atoms with Gasteiger partial charge in [0.2, 0.25) is 0 Å². The Hall–Kier alpha value is -1.41. The largest absolute Gasteiger partial charge is 0.493 e. The number of rotatable bonds is 5. The number of hydrogen-bond acceptors (Lipinski definition) is 5. The van der Waals surface area contributed by atoms with E-state index in [1.54, 1.807) is 6.07 Å². The number of aliphatic hydroxyl groups excluding tert-OH is 1. The molecule has 0 spiro atoms. The summed E-state index contributed by atoms with van der Waals surface area (Å²) in [5, 5.41) is 9.69. The van der Waals surface area contributed by atoms with Crippen molar-refractivity contribution < 1.29 is 18.3 Å². The second-order valence-electron chi connectivity index (χ2n) is 6.81. The maximum absolute atomic E-state index is 12.8. The molecule has 0 bridgehead atoms. The van der Waals surface area contributed by atoms with Crippen LogP contribution in [-0.2, 0) is 16.4 Å². The Kier molecular flexibility index (Phi) is 4.35. The molecule has 2 heterocycles. The molecule has 7 heteroatoms. The summed E-state index contributed by atoms with van der Waals surface area (Å²) >= 11 is 1.27. The highest BCUT2D eigenvalue weighted by Gasteiger charge is 2.37. The molecule has 0 saturated heterocycles.